The van der Waals surface area contributed by atoms with Gasteiger partial charge < -0.3 is 15.4 Å². The maximum Gasteiger partial charge on any atom is 0.272 e. The van der Waals surface area contributed by atoms with Crippen LogP contribution in [0.2, 0.25) is 0 Å². The molecule has 1 aromatic rings. The minimum Gasteiger partial charge on any atom is -0.351 e. The van der Waals surface area contributed by atoms with E-state index in [2.05, 4.69) is 28.5 Å². The van der Waals surface area contributed by atoms with Gasteiger partial charge in [-0.15, -0.1) is 0 Å². The van der Waals surface area contributed by atoms with Crippen LogP contribution in [0.15, 0.2) is 24.3 Å². The average Bonchev–Trinajstić information content (AvgIpc) is 2.54. The largest absolute Gasteiger partial charge is 0.351 e. The normalized spacial score (nSPS) is 26.2. The fraction of sp³-hybridized carbons (Fsp3) is 0.562. The highest BCUT2D eigenvalue weighted by Crippen LogP contribution is 2.33. The highest BCUT2D eigenvalue weighted by atomic mass is 16.5. The zero-order valence-corrected chi connectivity index (χ0v) is 12.5. The summed E-state index contributed by atoms with van der Waals surface area (Å²) >= 11 is 0. The lowest BCUT2D eigenvalue weighted by Gasteiger charge is -2.46. The Labute approximate surface area is 125 Å². The zero-order valence-electron chi connectivity index (χ0n) is 12.5. The van der Waals surface area contributed by atoms with Crippen LogP contribution in [0.3, 0.4) is 0 Å². The molecule has 1 amide bonds. The number of anilines is 1. The number of benzene rings is 1. The average molecular weight is 289 g/mol. The van der Waals surface area contributed by atoms with Crippen molar-refractivity contribution in [2.45, 2.75) is 25.5 Å². The molecule has 0 spiro atoms. The summed E-state index contributed by atoms with van der Waals surface area (Å²) in [5.41, 5.74) is 1.20. The van der Waals surface area contributed by atoms with Gasteiger partial charge in [-0.05, 0) is 18.1 Å². The van der Waals surface area contributed by atoms with E-state index in [0.29, 0.717) is 13.0 Å². The van der Waals surface area contributed by atoms with E-state index >= 15 is 0 Å². The van der Waals surface area contributed by atoms with Crippen LogP contribution in [0.25, 0.3) is 0 Å². The van der Waals surface area contributed by atoms with E-state index in [1.165, 1.54) is 0 Å². The van der Waals surface area contributed by atoms with Crippen LogP contribution in [0.1, 0.15) is 18.9 Å². The molecule has 0 saturated carbocycles. The van der Waals surface area contributed by atoms with Gasteiger partial charge in [0.15, 0.2) is 0 Å². The molecule has 0 radical (unpaired) electrons. The second-order valence-electron chi connectivity index (χ2n) is 5.66. The summed E-state index contributed by atoms with van der Waals surface area (Å²) in [6, 6.07) is 7.98. The summed E-state index contributed by atoms with van der Waals surface area (Å²) in [6.07, 6.45) is 1.53. The number of hydrogen-bond acceptors (Lipinski definition) is 4. The van der Waals surface area contributed by atoms with Crippen molar-refractivity contribution in [1.29, 1.82) is 0 Å². The minimum atomic E-state index is -0.855. The van der Waals surface area contributed by atoms with Gasteiger partial charge in [-0.3, -0.25) is 9.69 Å². The summed E-state index contributed by atoms with van der Waals surface area (Å²) in [4.78, 5) is 15.0. The second kappa shape index (κ2) is 6.13. The molecule has 1 aromatic carbocycles. The number of fused-ring (bicyclic) bond motifs is 1. The Morgan fingerprint density at radius 1 is 1.29 bits per heavy atom. The van der Waals surface area contributed by atoms with Gasteiger partial charge in [0.05, 0.1) is 0 Å². The lowest BCUT2D eigenvalue weighted by Crippen LogP contribution is -2.65. The molecule has 2 heterocycles. The van der Waals surface area contributed by atoms with Gasteiger partial charge in [-0.2, -0.15) is 0 Å². The molecule has 1 saturated heterocycles. The molecule has 1 unspecified atom stereocenters. The number of ether oxygens (including phenoxy) is 1. The van der Waals surface area contributed by atoms with Crippen LogP contribution in [-0.2, 0) is 16.0 Å². The van der Waals surface area contributed by atoms with Crippen molar-refractivity contribution < 1.29 is 9.53 Å². The number of piperazine rings is 1. The summed E-state index contributed by atoms with van der Waals surface area (Å²) in [5, 5.41) is 6.36. The third-order valence-electron chi connectivity index (χ3n) is 4.22. The highest BCUT2D eigenvalue weighted by Gasteiger charge is 2.48. The van der Waals surface area contributed by atoms with Gasteiger partial charge in [-0.1, -0.05) is 25.1 Å². The Balaban J connectivity index is 1.93. The van der Waals surface area contributed by atoms with E-state index in [1.807, 2.05) is 18.2 Å². The Hall–Kier alpha value is -1.43. The third kappa shape index (κ3) is 2.69. The molecule has 0 aromatic heterocycles. The van der Waals surface area contributed by atoms with Crippen LogP contribution in [0.5, 0.6) is 0 Å². The third-order valence-corrected chi connectivity index (χ3v) is 4.22. The lowest BCUT2D eigenvalue weighted by atomic mass is 9.93. The van der Waals surface area contributed by atoms with Crippen molar-refractivity contribution >= 4 is 11.6 Å². The molecule has 1 fully saturated rings. The number of rotatable bonds is 4. The molecule has 2 aliphatic rings. The molecule has 3 rings (SSSR count). The van der Waals surface area contributed by atoms with Crippen molar-refractivity contribution in [2.75, 3.05) is 38.1 Å². The standard InChI is InChI=1S/C16H23N3O2/c1-2-11-21-16(19-9-7-17-8-10-19)12-13-5-3-4-6-14(13)18-15(16)20/h3-6,17H,2,7-12H2,1H3,(H,18,20). The Morgan fingerprint density at radius 2 is 2.05 bits per heavy atom. The Morgan fingerprint density at radius 3 is 2.81 bits per heavy atom. The van der Waals surface area contributed by atoms with Crippen LogP contribution in [-0.4, -0.2) is 49.3 Å². The first-order valence-corrected chi connectivity index (χ1v) is 7.75. The molecule has 114 valence electrons. The van der Waals surface area contributed by atoms with Gasteiger partial charge in [0.2, 0.25) is 5.72 Å². The zero-order chi connectivity index (χ0) is 14.7. The maximum atomic E-state index is 12.8. The van der Waals surface area contributed by atoms with Gasteiger partial charge in [-0.25, -0.2) is 0 Å². The van der Waals surface area contributed by atoms with Crippen molar-refractivity contribution in [2.24, 2.45) is 0 Å². The molecule has 5 nitrogen and oxygen atoms in total. The molecule has 5 heteroatoms. The van der Waals surface area contributed by atoms with Crippen molar-refractivity contribution in [3.05, 3.63) is 29.8 Å². The molecular weight excluding hydrogens is 266 g/mol. The number of nitrogens with one attached hydrogen (secondary N) is 2. The molecule has 2 N–H and O–H groups in total. The van der Waals surface area contributed by atoms with Gasteiger partial charge in [0.1, 0.15) is 0 Å². The van der Waals surface area contributed by atoms with Crippen LogP contribution >= 0.6 is 0 Å². The molecule has 0 aliphatic carbocycles. The summed E-state index contributed by atoms with van der Waals surface area (Å²) in [5.74, 6) is -0.0310. The summed E-state index contributed by atoms with van der Waals surface area (Å²) in [7, 11) is 0. The van der Waals surface area contributed by atoms with E-state index in [9.17, 15) is 4.79 Å². The van der Waals surface area contributed by atoms with E-state index in [4.69, 9.17) is 4.74 Å². The molecule has 0 bridgehead atoms. The Bertz CT molecular complexity index is 514. The molecular formula is C16H23N3O2. The number of carbonyl (C=O) groups is 1. The van der Waals surface area contributed by atoms with Crippen molar-refractivity contribution in [3.8, 4) is 0 Å². The van der Waals surface area contributed by atoms with E-state index in [0.717, 1.165) is 43.9 Å². The summed E-state index contributed by atoms with van der Waals surface area (Å²) in [6.45, 7) is 6.12. The number of carbonyl (C=O) groups excluding carboxylic acids is 1. The quantitative estimate of drug-likeness (QED) is 0.875. The first kappa shape index (κ1) is 14.5. The second-order valence-corrected chi connectivity index (χ2v) is 5.66. The Kier molecular flexibility index (Phi) is 4.24. The van der Waals surface area contributed by atoms with Crippen LogP contribution < -0.4 is 10.6 Å². The fourth-order valence-electron chi connectivity index (χ4n) is 3.12. The van der Waals surface area contributed by atoms with Crippen molar-refractivity contribution in [3.63, 3.8) is 0 Å². The highest BCUT2D eigenvalue weighted by molar-refractivity contribution is 6.00. The minimum absolute atomic E-state index is 0.0310. The first-order valence-electron chi connectivity index (χ1n) is 7.75. The lowest BCUT2D eigenvalue weighted by molar-refractivity contribution is -0.178. The first-order chi connectivity index (χ1) is 10.3. The summed E-state index contributed by atoms with van der Waals surface area (Å²) < 4.78 is 6.11. The monoisotopic (exact) mass is 289 g/mol. The van der Waals surface area contributed by atoms with Crippen molar-refractivity contribution in [1.82, 2.24) is 10.2 Å². The van der Waals surface area contributed by atoms with E-state index < -0.39 is 5.72 Å². The van der Waals surface area contributed by atoms with Crippen LogP contribution in [0.4, 0.5) is 5.69 Å². The number of para-hydroxylation sites is 1. The fourth-order valence-corrected chi connectivity index (χ4v) is 3.12. The smallest absolute Gasteiger partial charge is 0.272 e. The number of nitrogens with zero attached hydrogens (tertiary/aromatic N) is 1. The molecule has 21 heavy (non-hydrogen) atoms. The molecule has 2 aliphatic heterocycles. The van der Waals surface area contributed by atoms with Gasteiger partial charge in [0, 0.05) is 44.9 Å². The topological polar surface area (TPSA) is 53.6 Å². The molecule has 1 atom stereocenters. The number of hydrogen-bond donors (Lipinski definition) is 2. The predicted octanol–water partition coefficient (Wildman–Crippen LogP) is 1.21. The number of amides is 1. The maximum absolute atomic E-state index is 12.8. The van der Waals surface area contributed by atoms with Crippen LogP contribution in [0, 0.1) is 0 Å². The van der Waals surface area contributed by atoms with Gasteiger partial charge >= 0.3 is 0 Å². The predicted molar refractivity (Wildman–Crippen MR) is 82.2 cm³/mol. The van der Waals surface area contributed by atoms with E-state index in [1.54, 1.807) is 0 Å². The van der Waals surface area contributed by atoms with E-state index in [-0.39, 0.29) is 5.91 Å². The van der Waals surface area contributed by atoms with Gasteiger partial charge in [0.25, 0.3) is 5.91 Å². The SMILES string of the molecule is CCCOC1(N2CCNCC2)Cc2ccccc2NC1=O.